The van der Waals surface area contributed by atoms with Crippen molar-refractivity contribution in [3.05, 3.63) is 86.3 Å². The molecule has 10 heteroatoms. The number of anilines is 2. The number of carbonyl (C=O) groups is 3. The molecule has 4 rings (SSSR count). The van der Waals surface area contributed by atoms with Gasteiger partial charge in [-0.15, -0.1) is 0 Å². The summed E-state index contributed by atoms with van der Waals surface area (Å²) in [7, 11) is 1.45. The predicted octanol–water partition coefficient (Wildman–Crippen LogP) is 5.15. The lowest BCUT2D eigenvalue weighted by Gasteiger charge is -2.15. The van der Waals surface area contributed by atoms with Crippen LogP contribution in [-0.2, 0) is 0 Å². The van der Waals surface area contributed by atoms with Crippen molar-refractivity contribution in [3.8, 4) is 5.75 Å². The van der Waals surface area contributed by atoms with Gasteiger partial charge in [-0.25, -0.2) is 4.90 Å². The maximum Gasteiger partial charge on any atom is 0.268 e. The van der Waals surface area contributed by atoms with Crippen molar-refractivity contribution >= 4 is 78.3 Å². The average Bonchev–Trinajstić information content (AvgIpc) is 3.04. The topological polar surface area (TPSA) is 87.7 Å². The quantitative estimate of drug-likeness (QED) is 0.324. The number of hydrogen-bond acceptors (Lipinski definition) is 5. The summed E-state index contributed by atoms with van der Waals surface area (Å²) >= 11 is 12.0. The van der Waals surface area contributed by atoms with Crippen LogP contribution in [0.3, 0.4) is 0 Å². The lowest BCUT2D eigenvalue weighted by molar-refractivity contribution is 0.0924. The van der Waals surface area contributed by atoms with Gasteiger partial charge in [0.1, 0.15) is 5.75 Å². The number of fused-ring (bicyclic) bond motifs is 1. The molecule has 1 aliphatic rings. The van der Waals surface area contributed by atoms with Crippen molar-refractivity contribution < 1.29 is 19.1 Å². The molecule has 0 spiro atoms. The van der Waals surface area contributed by atoms with E-state index in [-0.39, 0.29) is 21.8 Å². The molecule has 0 unspecified atom stereocenters. The first kappa shape index (κ1) is 23.1. The molecule has 0 radical (unpaired) electrons. The molecule has 1 heterocycles. The standard InChI is InChI=1S/C23H15Br2N3O4S/c1-32-19-15(10-12(24)11-16(19)25)20(29)27-23(33)26-17-9-5-8-14-18(17)22(31)28(21(14)30)13-6-3-2-4-7-13/h2-11H,1H3,(H2,26,27,29,33). The Morgan fingerprint density at radius 3 is 2.42 bits per heavy atom. The van der Waals surface area contributed by atoms with Crippen LogP contribution >= 0.6 is 44.1 Å². The Bertz CT molecular complexity index is 1310. The second-order valence-electron chi connectivity index (χ2n) is 6.89. The van der Waals surface area contributed by atoms with Gasteiger partial charge in [-0.05, 0) is 64.5 Å². The molecule has 0 atom stereocenters. The van der Waals surface area contributed by atoms with E-state index in [4.69, 9.17) is 17.0 Å². The smallest absolute Gasteiger partial charge is 0.268 e. The van der Waals surface area contributed by atoms with Gasteiger partial charge in [-0.1, -0.05) is 40.2 Å². The van der Waals surface area contributed by atoms with Gasteiger partial charge < -0.3 is 10.1 Å². The van der Waals surface area contributed by atoms with Crippen LogP contribution in [0.5, 0.6) is 5.75 Å². The number of ether oxygens (including phenoxy) is 1. The van der Waals surface area contributed by atoms with Gasteiger partial charge in [0, 0.05) is 4.47 Å². The molecule has 3 amide bonds. The van der Waals surface area contributed by atoms with Gasteiger partial charge in [-0.2, -0.15) is 0 Å². The summed E-state index contributed by atoms with van der Waals surface area (Å²) in [5.41, 5.74) is 1.48. The number of nitrogens with one attached hydrogen (secondary N) is 2. The minimum atomic E-state index is -0.507. The van der Waals surface area contributed by atoms with E-state index in [9.17, 15) is 14.4 Å². The molecule has 7 nitrogen and oxygen atoms in total. The first-order chi connectivity index (χ1) is 15.8. The number of nitrogens with zero attached hydrogens (tertiary/aromatic N) is 1. The van der Waals surface area contributed by atoms with E-state index in [0.29, 0.717) is 26.1 Å². The van der Waals surface area contributed by atoms with E-state index in [1.165, 1.54) is 7.11 Å². The molecule has 0 aliphatic carbocycles. The lowest BCUT2D eigenvalue weighted by atomic mass is 10.1. The van der Waals surface area contributed by atoms with Crippen molar-refractivity contribution in [1.29, 1.82) is 0 Å². The third-order valence-electron chi connectivity index (χ3n) is 4.86. The number of amides is 3. The second kappa shape index (κ2) is 9.42. The van der Waals surface area contributed by atoms with Crippen molar-refractivity contribution in [1.82, 2.24) is 5.32 Å². The highest BCUT2D eigenvalue weighted by Crippen LogP contribution is 2.34. The lowest BCUT2D eigenvalue weighted by Crippen LogP contribution is -2.35. The van der Waals surface area contributed by atoms with Crippen molar-refractivity contribution in [2.24, 2.45) is 0 Å². The van der Waals surface area contributed by atoms with Crippen LogP contribution in [0.1, 0.15) is 31.1 Å². The van der Waals surface area contributed by atoms with Gasteiger partial charge >= 0.3 is 0 Å². The minimum absolute atomic E-state index is 0.0371. The zero-order chi connectivity index (χ0) is 23.7. The SMILES string of the molecule is COc1c(Br)cc(Br)cc1C(=O)NC(=S)Nc1cccc2c1C(=O)N(c1ccccc1)C2=O. The number of halogens is 2. The normalized spacial score (nSPS) is 12.4. The number of hydrogen-bond donors (Lipinski definition) is 2. The average molecular weight is 589 g/mol. The molecular weight excluding hydrogens is 574 g/mol. The van der Waals surface area contributed by atoms with Crippen molar-refractivity contribution in [2.45, 2.75) is 0 Å². The second-order valence-corrected chi connectivity index (χ2v) is 9.06. The fourth-order valence-corrected chi connectivity index (χ4v) is 5.05. The molecule has 0 aromatic heterocycles. The molecule has 0 saturated carbocycles. The summed E-state index contributed by atoms with van der Waals surface area (Å²) in [5.74, 6) is -1.06. The zero-order valence-corrected chi connectivity index (χ0v) is 21.0. The van der Waals surface area contributed by atoms with E-state index >= 15 is 0 Å². The fraction of sp³-hybridized carbons (Fsp3) is 0.0435. The molecule has 0 fully saturated rings. The maximum atomic E-state index is 13.1. The fourth-order valence-electron chi connectivity index (χ4n) is 3.46. The summed E-state index contributed by atoms with van der Waals surface area (Å²) in [6.07, 6.45) is 0. The van der Waals surface area contributed by atoms with Gasteiger partial charge in [0.05, 0.1) is 39.6 Å². The Labute approximate surface area is 211 Å². The Kier molecular flexibility index (Phi) is 6.59. The molecule has 33 heavy (non-hydrogen) atoms. The molecule has 2 N–H and O–H groups in total. The highest BCUT2D eigenvalue weighted by Gasteiger charge is 2.38. The third kappa shape index (κ3) is 4.41. The third-order valence-corrected chi connectivity index (χ3v) is 6.11. The minimum Gasteiger partial charge on any atom is -0.495 e. The van der Waals surface area contributed by atoms with Crippen LogP contribution in [0.15, 0.2) is 69.6 Å². The first-order valence-corrected chi connectivity index (χ1v) is 11.5. The van der Waals surface area contributed by atoms with Crippen LogP contribution < -0.4 is 20.3 Å². The summed E-state index contributed by atoms with van der Waals surface area (Å²) in [6, 6.07) is 16.8. The van der Waals surface area contributed by atoms with E-state index in [2.05, 4.69) is 42.5 Å². The van der Waals surface area contributed by atoms with E-state index in [1.807, 2.05) is 0 Å². The predicted molar refractivity (Wildman–Crippen MR) is 136 cm³/mol. The molecule has 1 aliphatic heterocycles. The molecule has 0 bridgehead atoms. The summed E-state index contributed by atoms with van der Waals surface area (Å²) < 4.78 is 6.58. The molecular formula is C23H15Br2N3O4S. The Hall–Kier alpha value is -3.08. The Balaban J connectivity index is 1.58. The summed E-state index contributed by atoms with van der Waals surface area (Å²) in [6.45, 7) is 0. The summed E-state index contributed by atoms with van der Waals surface area (Å²) in [4.78, 5) is 40.0. The number of methoxy groups -OCH3 is 1. The van der Waals surface area contributed by atoms with Crippen LogP contribution in [0.4, 0.5) is 11.4 Å². The Morgan fingerprint density at radius 1 is 1.00 bits per heavy atom. The monoisotopic (exact) mass is 587 g/mol. The highest BCUT2D eigenvalue weighted by atomic mass is 79.9. The maximum absolute atomic E-state index is 13.1. The molecule has 0 saturated heterocycles. The number of rotatable bonds is 4. The number of para-hydroxylation sites is 1. The van der Waals surface area contributed by atoms with Crippen LogP contribution in [0.2, 0.25) is 0 Å². The molecule has 3 aromatic rings. The largest absolute Gasteiger partial charge is 0.495 e. The number of carbonyl (C=O) groups excluding carboxylic acids is 3. The zero-order valence-electron chi connectivity index (χ0n) is 17.0. The van der Waals surface area contributed by atoms with E-state index in [1.54, 1.807) is 60.7 Å². The van der Waals surface area contributed by atoms with Crippen molar-refractivity contribution in [3.63, 3.8) is 0 Å². The van der Waals surface area contributed by atoms with Crippen LogP contribution in [-0.4, -0.2) is 29.9 Å². The highest BCUT2D eigenvalue weighted by molar-refractivity contribution is 9.11. The van der Waals surface area contributed by atoms with Gasteiger partial charge in [0.25, 0.3) is 17.7 Å². The van der Waals surface area contributed by atoms with Gasteiger partial charge in [0.2, 0.25) is 0 Å². The first-order valence-electron chi connectivity index (χ1n) is 9.54. The number of thiocarbonyl (C=S) groups is 1. The van der Waals surface area contributed by atoms with Crippen molar-refractivity contribution in [2.75, 3.05) is 17.3 Å². The molecule has 166 valence electrons. The number of imide groups is 1. The van der Waals surface area contributed by atoms with E-state index < -0.39 is 17.7 Å². The van der Waals surface area contributed by atoms with Gasteiger partial charge in [0.15, 0.2) is 5.11 Å². The van der Waals surface area contributed by atoms with Gasteiger partial charge in [-0.3, -0.25) is 19.7 Å². The van der Waals surface area contributed by atoms with Crippen LogP contribution in [0.25, 0.3) is 0 Å². The Morgan fingerprint density at radius 2 is 1.73 bits per heavy atom. The summed E-state index contributed by atoms with van der Waals surface area (Å²) in [5, 5.41) is 5.41. The van der Waals surface area contributed by atoms with E-state index in [0.717, 1.165) is 4.90 Å². The van der Waals surface area contributed by atoms with Crippen LogP contribution in [0, 0.1) is 0 Å². The molecule has 3 aromatic carbocycles. The number of benzene rings is 3.